The number of hydrogen-bond acceptors (Lipinski definition) is 5. The van der Waals surface area contributed by atoms with Crippen LogP contribution in [0.4, 0.5) is 5.13 Å². The molecule has 3 rings (SSSR count). The van der Waals surface area contributed by atoms with Crippen LogP contribution in [0.1, 0.15) is 31.2 Å². The highest BCUT2D eigenvalue weighted by molar-refractivity contribution is 7.09. The molecule has 134 valence electrons. The monoisotopic (exact) mass is 378 g/mol. The molecule has 2 aromatic rings. The van der Waals surface area contributed by atoms with Crippen molar-refractivity contribution in [3.05, 3.63) is 41.7 Å². The topological polar surface area (TPSA) is 58.1 Å². The van der Waals surface area contributed by atoms with E-state index in [-0.39, 0.29) is 5.91 Å². The van der Waals surface area contributed by atoms with E-state index in [1.807, 2.05) is 18.2 Å². The van der Waals surface area contributed by atoms with Gasteiger partial charge in [0.15, 0.2) is 0 Å². The van der Waals surface area contributed by atoms with E-state index in [0.717, 1.165) is 43.3 Å². The molecule has 0 saturated carbocycles. The van der Waals surface area contributed by atoms with Crippen molar-refractivity contribution in [2.24, 2.45) is 5.92 Å². The molecule has 1 atom stereocenters. The minimum Gasteiger partial charge on any atom is -0.355 e. The fraction of sp³-hybridized carbons (Fsp3) is 0.500. The van der Waals surface area contributed by atoms with Gasteiger partial charge < -0.3 is 10.2 Å². The molecule has 7 heteroatoms. The Morgan fingerprint density at radius 1 is 1.36 bits per heavy atom. The Bertz CT molecular complexity index is 683. The van der Waals surface area contributed by atoms with Gasteiger partial charge in [-0.1, -0.05) is 30.3 Å². The van der Waals surface area contributed by atoms with Gasteiger partial charge >= 0.3 is 0 Å². The first-order valence-electron chi connectivity index (χ1n) is 8.65. The number of nitrogens with zero attached hydrogens (tertiary/aromatic N) is 3. The highest BCUT2D eigenvalue weighted by Gasteiger charge is 2.22. The number of anilines is 1. The van der Waals surface area contributed by atoms with E-state index in [1.165, 1.54) is 17.1 Å². The molecule has 1 aromatic heterocycles. The van der Waals surface area contributed by atoms with Gasteiger partial charge in [0.1, 0.15) is 11.2 Å². The fourth-order valence-electron chi connectivity index (χ4n) is 2.94. The van der Waals surface area contributed by atoms with E-state index in [9.17, 15) is 4.79 Å². The number of amides is 1. The lowest BCUT2D eigenvalue weighted by Crippen LogP contribution is -2.40. The van der Waals surface area contributed by atoms with Gasteiger partial charge in [-0.3, -0.25) is 4.79 Å². The van der Waals surface area contributed by atoms with Crippen LogP contribution in [-0.4, -0.2) is 40.3 Å². The molecule has 5 nitrogen and oxygen atoms in total. The van der Waals surface area contributed by atoms with Gasteiger partial charge in [0, 0.05) is 37.6 Å². The number of nitrogens with one attached hydrogen (secondary N) is 1. The minimum atomic E-state index is -0.468. The third kappa shape index (κ3) is 5.16. The zero-order chi connectivity index (χ0) is 17.6. The predicted molar refractivity (Wildman–Crippen MR) is 102 cm³/mol. The van der Waals surface area contributed by atoms with Crippen LogP contribution in [0, 0.1) is 5.92 Å². The quantitative estimate of drug-likeness (QED) is 0.785. The second-order valence-corrected chi connectivity index (χ2v) is 7.83. The smallest absolute Gasteiger partial charge is 0.237 e. The average molecular weight is 379 g/mol. The Morgan fingerprint density at radius 3 is 2.76 bits per heavy atom. The molecular formula is C18H23ClN4OS. The van der Waals surface area contributed by atoms with Crippen LogP contribution in [0.2, 0.25) is 0 Å². The van der Waals surface area contributed by atoms with Gasteiger partial charge in [-0.05, 0) is 31.2 Å². The van der Waals surface area contributed by atoms with Crippen molar-refractivity contribution >= 4 is 34.2 Å². The second kappa shape index (κ2) is 8.63. The van der Waals surface area contributed by atoms with Crippen molar-refractivity contribution in [3.8, 4) is 0 Å². The first kappa shape index (κ1) is 18.1. The van der Waals surface area contributed by atoms with Gasteiger partial charge in [-0.15, -0.1) is 11.6 Å². The maximum Gasteiger partial charge on any atom is 0.237 e. The summed E-state index contributed by atoms with van der Waals surface area (Å²) in [5.74, 6) is 1.31. The lowest BCUT2D eigenvalue weighted by atomic mass is 9.97. The van der Waals surface area contributed by atoms with Crippen molar-refractivity contribution in [1.82, 2.24) is 14.7 Å². The van der Waals surface area contributed by atoms with E-state index >= 15 is 0 Å². The summed E-state index contributed by atoms with van der Waals surface area (Å²) < 4.78 is 4.50. The highest BCUT2D eigenvalue weighted by Crippen LogP contribution is 2.25. The first-order valence-corrected chi connectivity index (χ1v) is 9.86. The Labute approximate surface area is 157 Å². The van der Waals surface area contributed by atoms with Gasteiger partial charge in [-0.2, -0.15) is 4.37 Å². The number of hydrogen-bond donors (Lipinski definition) is 1. The predicted octanol–water partition coefficient (Wildman–Crippen LogP) is 3.09. The molecule has 25 heavy (non-hydrogen) atoms. The van der Waals surface area contributed by atoms with Crippen molar-refractivity contribution in [2.45, 2.75) is 31.6 Å². The minimum absolute atomic E-state index is 0.0845. The van der Waals surface area contributed by atoms with Crippen molar-refractivity contribution < 1.29 is 4.79 Å². The standard InChI is InChI=1S/C18H23ClN4OS/c1-13(19)17(24)20-12-15-7-9-23(10-8-15)18-21-16(22-25-18)11-14-5-3-2-4-6-14/h2-6,13,15H,7-12H2,1H3,(H,20,24)/t13-/m1/s1. The summed E-state index contributed by atoms with van der Waals surface area (Å²) in [7, 11) is 0. The fourth-order valence-corrected chi connectivity index (χ4v) is 3.75. The van der Waals surface area contributed by atoms with Gasteiger partial charge in [0.05, 0.1) is 0 Å². The van der Waals surface area contributed by atoms with Crippen LogP contribution >= 0.6 is 23.1 Å². The molecule has 1 saturated heterocycles. The van der Waals surface area contributed by atoms with Crippen LogP contribution in [0.15, 0.2) is 30.3 Å². The number of rotatable bonds is 6. The maximum absolute atomic E-state index is 11.6. The van der Waals surface area contributed by atoms with E-state index in [4.69, 9.17) is 16.6 Å². The lowest BCUT2D eigenvalue weighted by Gasteiger charge is -2.31. The number of alkyl halides is 1. The van der Waals surface area contributed by atoms with E-state index in [1.54, 1.807) is 6.92 Å². The molecule has 0 unspecified atom stereocenters. The molecule has 1 aromatic carbocycles. The number of piperidine rings is 1. The number of aromatic nitrogens is 2. The molecule has 1 amide bonds. The molecular weight excluding hydrogens is 356 g/mol. The first-order chi connectivity index (χ1) is 12.1. The maximum atomic E-state index is 11.6. The largest absolute Gasteiger partial charge is 0.355 e. The van der Waals surface area contributed by atoms with Gasteiger partial charge in [0.25, 0.3) is 0 Å². The number of benzene rings is 1. The Morgan fingerprint density at radius 2 is 2.08 bits per heavy atom. The lowest BCUT2D eigenvalue weighted by molar-refractivity contribution is -0.120. The zero-order valence-corrected chi connectivity index (χ0v) is 15.9. The molecule has 0 spiro atoms. The zero-order valence-electron chi connectivity index (χ0n) is 14.3. The Kier molecular flexibility index (Phi) is 6.26. The molecule has 0 bridgehead atoms. The second-order valence-electron chi connectivity index (χ2n) is 6.45. The Hall–Kier alpha value is -1.66. The number of carbonyl (C=O) groups is 1. The van der Waals surface area contributed by atoms with Gasteiger partial charge in [0.2, 0.25) is 11.0 Å². The van der Waals surface area contributed by atoms with Crippen molar-refractivity contribution in [3.63, 3.8) is 0 Å². The van der Waals surface area contributed by atoms with Gasteiger partial charge in [-0.25, -0.2) is 4.98 Å². The molecule has 1 fully saturated rings. The summed E-state index contributed by atoms with van der Waals surface area (Å²) in [4.78, 5) is 18.6. The molecule has 1 aliphatic heterocycles. The third-order valence-corrected chi connectivity index (χ3v) is 5.49. The average Bonchev–Trinajstić information content (AvgIpc) is 3.09. The van der Waals surface area contributed by atoms with E-state index in [0.29, 0.717) is 12.5 Å². The summed E-state index contributed by atoms with van der Waals surface area (Å²) in [5, 5.41) is 3.46. The summed E-state index contributed by atoms with van der Waals surface area (Å²) in [5.41, 5.74) is 1.23. The van der Waals surface area contributed by atoms with Crippen LogP contribution < -0.4 is 10.2 Å². The van der Waals surface area contributed by atoms with Crippen molar-refractivity contribution in [2.75, 3.05) is 24.5 Å². The number of halogens is 1. The summed E-state index contributed by atoms with van der Waals surface area (Å²) in [6.07, 6.45) is 2.87. The van der Waals surface area contributed by atoms with Crippen LogP contribution in [-0.2, 0) is 11.2 Å². The normalized spacial score (nSPS) is 16.6. The van der Waals surface area contributed by atoms with Crippen LogP contribution in [0.25, 0.3) is 0 Å². The molecule has 1 N–H and O–H groups in total. The van der Waals surface area contributed by atoms with Crippen LogP contribution in [0.3, 0.4) is 0 Å². The summed E-state index contributed by atoms with van der Waals surface area (Å²) >= 11 is 7.25. The highest BCUT2D eigenvalue weighted by atomic mass is 35.5. The third-order valence-electron chi connectivity index (χ3n) is 4.47. The SMILES string of the molecule is C[C@@H](Cl)C(=O)NCC1CCN(c2nc(Cc3ccccc3)ns2)CC1. The molecule has 2 heterocycles. The number of carbonyl (C=O) groups excluding carboxylic acids is 1. The molecule has 1 aliphatic rings. The summed E-state index contributed by atoms with van der Waals surface area (Å²) in [6, 6.07) is 10.3. The van der Waals surface area contributed by atoms with Crippen LogP contribution in [0.5, 0.6) is 0 Å². The van der Waals surface area contributed by atoms with E-state index in [2.05, 4.69) is 26.7 Å². The summed E-state index contributed by atoms with van der Waals surface area (Å²) in [6.45, 7) is 4.31. The Balaban J connectivity index is 1.48. The van der Waals surface area contributed by atoms with E-state index < -0.39 is 5.38 Å². The van der Waals surface area contributed by atoms with Crippen molar-refractivity contribution in [1.29, 1.82) is 0 Å². The molecule has 0 aliphatic carbocycles. The molecule has 0 radical (unpaired) electrons.